The Kier molecular flexibility index (Phi) is 3.88. The molecule has 2 aromatic rings. The van der Waals surface area contributed by atoms with Gasteiger partial charge >= 0.3 is 0 Å². The maximum absolute atomic E-state index is 8.86. The molecule has 0 unspecified atom stereocenters. The molecular weight excluding hydrogens is 260 g/mol. The fourth-order valence-electron chi connectivity index (χ4n) is 1.83. The molecule has 0 spiro atoms. The third-order valence-corrected chi connectivity index (χ3v) is 2.88. The largest absolute Gasteiger partial charge is 0.398 e. The lowest BCUT2D eigenvalue weighted by atomic mass is 10.0. The first-order valence-corrected chi connectivity index (χ1v) is 6.23. The summed E-state index contributed by atoms with van der Waals surface area (Å²) in [4.78, 5) is 4.26. The molecule has 0 bridgehead atoms. The number of rotatable bonds is 3. The summed E-state index contributed by atoms with van der Waals surface area (Å²) in [7, 11) is 0. The van der Waals surface area contributed by atoms with E-state index in [9.17, 15) is 0 Å². The molecule has 4 nitrogen and oxygen atoms in total. The Morgan fingerprint density at radius 3 is 2.79 bits per heavy atom. The average molecular weight is 273 g/mol. The van der Waals surface area contributed by atoms with E-state index in [-0.39, 0.29) is 0 Å². The lowest BCUT2D eigenvalue weighted by Crippen LogP contribution is -2.02. The highest BCUT2D eigenvalue weighted by Crippen LogP contribution is 2.33. The molecule has 0 aliphatic rings. The number of halogens is 1. The van der Waals surface area contributed by atoms with Crippen LogP contribution in [0, 0.1) is 11.3 Å². The Hall–Kier alpha value is -2.25. The number of benzene rings is 1. The summed E-state index contributed by atoms with van der Waals surface area (Å²) < 4.78 is 0. The van der Waals surface area contributed by atoms with E-state index in [0.29, 0.717) is 16.3 Å². The molecule has 0 saturated heterocycles. The first-order valence-electron chi connectivity index (χ1n) is 5.85. The fourth-order valence-corrected chi connectivity index (χ4v) is 1.99. The van der Waals surface area contributed by atoms with Gasteiger partial charge in [0.2, 0.25) is 0 Å². The highest BCUT2D eigenvalue weighted by Gasteiger charge is 2.10. The predicted molar refractivity (Wildman–Crippen MR) is 78.0 cm³/mol. The van der Waals surface area contributed by atoms with Gasteiger partial charge in [-0.25, -0.2) is 4.98 Å². The number of hydrogen-bond acceptors (Lipinski definition) is 4. The van der Waals surface area contributed by atoms with Gasteiger partial charge in [-0.2, -0.15) is 5.26 Å². The van der Waals surface area contributed by atoms with Gasteiger partial charge in [0.25, 0.3) is 0 Å². The molecule has 0 fully saturated rings. The first-order chi connectivity index (χ1) is 9.15. The van der Waals surface area contributed by atoms with Gasteiger partial charge < -0.3 is 11.1 Å². The third kappa shape index (κ3) is 2.78. The maximum atomic E-state index is 8.86. The quantitative estimate of drug-likeness (QED) is 0.841. The summed E-state index contributed by atoms with van der Waals surface area (Å²) in [6.45, 7) is 2.74. The van der Waals surface area contributed by atoms with E-state index in [1.165, 1.54) is 0 Å². The summed E-state index contributed by atoms with van der Waals surface area (Å²) in [5, 5.41) is 12.6. The highest BCUT2D eigenvalue weighted by atomic mass is 35.5. The number of nitriles is 1. The first kappa shape index (κ1) is 13.2. The maximum Gasteiger partial charge on any atom is 0.133 e. The predicted octanol–water partition coefficient (Wildman–Crippen LogP) is 3.29. The molecule has 0 atom stereocenters. The number of anilines is 2. The lowest BCUT2D eigenvalue weighted by Gasteiger charge is -2.12. The van der Waals surface area contributed by atoms with Gasteiger partial charge in [-0.15, -0.1) is 0 Å². The number of pyridine rings is 1. The summed E-state index contributed by atoms with van der Waals surface area (Å²) in [6.07, 6.45) is 1.59. The molecule has 0 amide bonds. The van der Waals surface area contributed by atoms with Gasteiger partial charge in [0.15, 0.2) is 0 Å². The van der Waals surface area contributed by atoms with Crippen LogP contribution < -0.4 is 11.1 Å². The average Bonchev–Trinajstić information content (AvgIpc) is 2.41. The minimum atomic E-state index is 0.529. The van der Waals surface area contributed by atoms with Crippen LogP contribution in [-0.2, 0) is 0 Å². The van der Waals surface area contributed by atoms with Crippen molar-refractivity contribution in [3.05, 3.63) is 41.0 Å². The zero-order valence-electron chi connectivity index (χ0n) is 10.4. The highest BCUT2D eigenvalue weighted by molar-refractivity contribution is 6.30. The second-order valence-electron chi connectivity index (χ2n) is 3.99. The molecule has 1 aromatic heterocycles. The van der Waals surface area contributed by atoms with Crippen molar-refractivity contribution in [3.8, 4) is 17.2 Å². The standard InChI is InChI=1S/C14H13ClN4/c1-2-18-14-12(6-10(15)8-19-14)11-4-3-9(7-16)5-13(11)17/h3-6,8H,2,17H2,1H3,(H,18,19). The van der Waals surface area contributed by atoms with Gasteiger partial charge in [-0.1, -0.05) is 17.7 Å². The van der Waals surface area contributed by atoms with Crippen LogP contribution in [0.25, 0.3) is 11.1 Å². The van der Waals surface area contributed by atoms with Crippen LogP contribution in [0.15, 0.2) is 30.5 Å². The molecule has 2 rings (SSSR count). The molecule has 0 aliphatic heterocycles. The van der Waals surface area contributed by atoms with Crippen LogP contribution >= 0.6 is 11.6 Å². The summed E-state index contributed by atoms with van der Waals surface area (Å²) in [5.41, 5.74) is 8.69. The zero-order chi connectivity index (χ0) is 13.8. The van der Waals surface area contributed by atoms with Crippen molar-refractivity contribution >= 4 is 23.1 Å². The lowest BCUT2D eigenvalue weighted by molar-refractivity contribution is 1.16. The van der Waals surface area contributed by atoms with E-state index in [4.69, 9.17) is 22.6 Å². The monoisotopic (exact) mass is 272 g/mol. The fraction of sp³-hybridized carbons (Fsp3) is 0.143. The number of aromatic nitrogens is 1. The van der Waals surface area contributed by atoms with Crippen LogP contribution in [0.4, 0.5) is 11.5 Å². The van der Waals surface area contributed by atoms with Crippen LogP contribution in [-0.4, -0.2) is 11.5 Å². The number of nitrogens with two attached hydrogens (primary N) is 1. The van der Waals surface area contributed by atoms with E-state index < -0.39 is 0 Å². The Morgan fingerprint density at radius 1 is 1.37 bits per heavy atom. The summed E-state index contributed by atoms with van der Waals surface area (Å²) in [5.74, 6) is 0.725. The Morgan fingerprint density at radius 2 is 2.16 bits per heavy atom. The zero-order valence-corrected chi connectivity index (χ0v) is 11.2. The summed E-state index contributed by atoms with van der Waals surface area (Å²) >= 11 is 5.99. The third-order valence-electron chi connectivity index (χ3n) is 2.67. The molecule has 96 valence electrons. The van der Waals surface area contributed by atoms with Crippen molar-refractivity contribution in [1.82, 2.24) is 4.98 Å². The molecule has 1 heterocycles. The molecule has 0 radical (unpaired) electrons. The number of nitrogens with one attached hydrogen (secondary N) is 1. The van der Waals surface area contributed by atoms with E-state index in [1.807, 2.05) is 19.1 Å². The van der Waals surface area contributed by atoms with Crippen molar-refractivity contribution in [1.29, 1.82) is 5.26 Å². The number of hydrogen-bond donors (Lipinski definition) is 2. The Labute approximate surface area is 116 Å². The smallest absolute Gasteiger partial charge is 0.133 e. The summed E-state index contributed by atoms with van der Waals surface area (Å²) in [6, 6.07) is 9.05. The number of nitrogen functional groups attached to an aromatic ring is 1. The molecule has 0 aliphatic carbocycles. The normalized spacial score (nSPS) is 9.95. The SMILES string of the molecule is CCNc1ncc(Cl)cc1-c1ccc(C#N)cc1N. The van der Waals surface area contributed by atoms with Gasteiger partial charge in [-0.3, -0.25) is 0 Å². The minimum absolute atomic E-state index is 0.529. The van der Waals surface area contributed by atoms with Gasteiger partial charge in [0.05, 0.1) is 16.7 Å². The second-order valence-corrected chi connectivity index (χ2v) is 4.43. The van der Waals surface area contributed by atoms with E-state index in [2.05, 4.69) is 16.4 Å². The van der Waals surface area contributed by atoms with E-state index in [0.717, 1.165) is 23.5 Å². The molecule has 3 N–H and O–H groups in total. The second kappa shape index (κ2) is 5.59. The van der Waals surface area contributed by atoms with Crippen LogP contribution in [0.3, 0.4) is 0 Å². The van der Waals surface area contributed by atoms with Crippen LogP contribution in [0.2, 0.25) is 5.02 Å². The van der Waals surface area contributed by atoms with Gasteiger partial charge in [0.1, 0.15) is 5.82 Å². The topological polar surface area (TPSA) is 74.7 Å². The van der Waals surface area contributed by atoms with E-state index in [1.54, 1.807) is 18.3 Å². The van der Waals surface area contributed by atoms with E-state index >= 15 is 0 Å². The molecule has 0 saturated carbocycles. The van der Waals surface area contributed by atoms with Crippen molar-refractivity contribution in [2.24, 2.45) is 0 Å². The van der Waals surface area contributed by atoms with Crippen LogP contribution in [0.1, 0.15) is 12.5 Å². The van der Waals surface area contributed by atoms with Gasteiger partial charge in [-0.05, 0) is 25.1 Å². The molecular formula is C14H13ClN4. The Balaban J connectivity index is 2.57. The van der Waals surface area contributed by atoms with Crippen molar-refractivity contribution in [2.45, 2.75) is 6.92 Å². The Bertz CT molecular complexity index is 646. The van der Waals surface area contributed by atoms with Gasteiger partial charge in [0, 0.05) is 29.6 Å². The minimum Gasteiger partial charge on any atom is -0.398 e. The van der Waals surface area contributed by atoms with Crippen LogP contribution in [0.5, 0.6) is 0 Å². The molecule has 19 heavy (non-hydrogen) atoms. The van der Waals surface area contributed by atoms with Crippen molar-refractivity contribution < 1.29 is 0 Å². The van der Waals surface area contributed by atoms with Crippen molar-refractivity contribution in [2.75, 3.05) is 17.6 Å². The molecule has 1 aromatic carbocycles. The number of nitrogens with zero attached hydrogens (tertiary/aromatic N) is 2. The molecule has 5 heteroatoms. The van der Waals surface area contributed by atoms with Crippen molar-refractivity contribution in [3.63, 3.8) is 0 Å².